The summed E-state index contributed by atoms with van der Waals surface area (Å²) < 4.78 is 0. The van der Waals surface area contributed by atoms with Crippen LogP contribution in [0.1, 0.15) is 21.5 Å². The molecule has 0 amide bonds. The molecule has 4 nitrogen and oxygen atoms in total. The van der Waals surface area contributed by atoms with E-state index >= 15 is 0 Å². The fourth-order valence-corrected chi connectivity index (χ4v) is 2.13. The molecule has 0 aliphatic heterocycles. The molecular formula is C14H9Cl2N3O. The molecule has 0 aliphatic rings. The molecule has 0 saturated heterocycles. The van der Waals surface area contributed by atoms with E-state index in [1.807, 2.05) is 0 Å². The number of ketones is 1. The van der Waals surface area contributed by atoms with Crippen molar-refractivity contribution < 1.29 is 4.79 Å². The highest BCUT2D eigenvalue weighted by atomic mass is 35.5. The van der Waals surface area contributed by atoms with Crippen molar-refractivity contribution in [3.05, 3.63) is 79.6 Å². The minimum absolute atomic E-state index is 0.179. The minimum atomic E-state index is -0.179. The first-order valence-corrected chi connectivity index (χ1v) is 6.47. The molecule has 20 heavy (non-hydrogen) atoms. The fraction of sp³-hybridized carbons (Fsp3) is 0.0714. The van der Waals surface area contributed by atoms with Gasteiger partial charge in [0.1, 0.15) is 0 Å². The van der Waals surface area contributed by atoms with Gasteiger partial charge in [0.05, 0.1) is 11.6 Å². The number of rotatable bonds is 4. The van der Waals surface area contributed by atoms with Gasteiger partial charge in [0.15, 0.2) is 5.78 Å². The minimum Gasteiger partial charge on any atom is -0.289 e. The van der Waals surface area contributed by atoms with E-state index in [1.54, 1.807) is 42.5 Å². The molecule has 0 aliphatic carbocycles. The Hall–Kier alpha value is -2.00. The summed E-state index contributed by atoms with van der Waals surface area (Å²) in [6.07, 6.45) is 0. The molecule has 0 saturated carbocycles. The Morgan fingerprint density at radius 1 is 1.15 bits per heavy atom. The average Bonchev–Trinajstić information content (AvgIpc) is 2.45. The van der Waals surface area contributed by atoms with Crippen LogP contribution in [0.25, 0.3) is 10.4 Å². The van der Waals surface area contributed by atoms with Gasteiger partial charge in [-0.3, -0.25) is 4.79 Å². The first-order valence-electron chi connectivity index (χ1n) is 5.71. The quantitative estimate of drug-likeness (QED) is 0.338. The number of carbonyl (C=O) groups excluding carboxylic acids is 1. The van der Waals surface area contributed by atoms with Gasteiger partial charge in [-0.05, 0) is 47.5 Å². The van der Waals surface area contributed by atoms with Crippen LogP contribution < -0.4 is 0 Å². The second kappa shape index (κ2) is 6.44. The lowest BCUT2D eigenvalue weighted by molar-refractivity contribution is 0.103. The molecule has 0 N–H and O–H groups in total. The fourth-order valence-electron chi connectivity index (χ4n) is 1.71. The van der Waals surface area contributed by atoms with E-state index in [-0.39, 0.29) is 12.3 Å². The second-order valence-electron chi connectivity index (χ2n) is 4.04. The zero-order chi connectivity index (χ0) is 14.5. The highest BCUT2D eigenvalue weighted by molar-refractivity contribution is 6.35. The zero-order valence-corrected chi connectivity index (χ0v) is 11.8. The van der Waals surface area contributed by atoms with Crippen LogP contribution in [-0.2, 0) is 6.54 Å². The molecule has 0 aromatic heterocycles. The van der Waals surface area contributed by atoms with Crippen molar-refractivity contribution in [2.24, 2.45) is 5.11 Å². The van der Waals surface area contributed by atoms with Gasteiger partial charge in [0.2, 0.25) is 0 Å². The number of nitrogens with zero attached hydrogens (tertiary/aromatic N) is 3. The van der Waals surface area contributed by atoms with Crippen LogP contribution in [0, 0.1) is 0 Å². The largest absolute Gasteiger partial charge is 0.289 e. The van der Waals surface area contributed by atoms with Crippen LogP contribution in [0.2, 0.25) is 10.0 Å². The van der Waals surface area contributed by atoms with E-state index in [0.717, 1.165) is 5.56 Å². The summed E-state index contributed by atoms with van der Waals surface area (Å²) in [6.45, 7) is 0.200. The topological polar surface area (TPSA) is 65.8 Å². The second-order valence-corrected chi connectivity index (χ2v) is 4.88. The summed E-state index contributed by atoms with van der Waals surface area (Å²) in [5, 5.41) is 4.34. The monoisotopic (exact) mass is 305 g/mol. The van der Waals surface area contributed by atoms with Crippen molar-refractivity contribution in [2.75, 3.05) is 0 Å². The molecule has 0 spiro atoms. The molecule has 0 atom stereocenters. The predicted octanol–water partition coefficient (Wildman–Crippen LogP) is 5.03. The van der Waals surface area contributed by atoms with Crippen molar-refractivity contribution >= 4 is 29.0 Å². The Kier molecular flexibility index (Phi) is 4.64. The van der Waals surface area contributed by atoms with E-state index < -0.39 is 0 Å². The molecule has 6 heteroatoms. The molecular weight excluding hydrogens is 297 g/mol. The molecule has 2 aromatic rings. The van der Waals surface area contributed by atoms with Crippen LogP contribution in [0.15, 0.2) is 47.6 Å². The molecule has 0 bridgehead atoms. The highest BCUT2D eigenvalue weighted by Gasteiger charge is 2.13. The maximum atomic E-state index is 12.3. The number of halogens is 2. The van der Waals surface area contributed by atoms with E-state index in [0.29, 0.717) is 21.2 Å². The van der Waals surface area contributed by atoms with Gasteiger partial charge >= 0.3 is 0 Å². The van der Waals surface area contributed by atoms with Crippen molar-refractivity contribution in [1.82, 2.24) is 0 Å². The highest BCUT2D eigenvalue weighted by Crippen LogP contribution is 2.22. The van der Waals surface area contributed by atoms with Crippen molar-refractivity contribution in [3.8, 4) is 0 Å². The van der Waals surface area contributed by atoms with Gasteiger partial charge in [-0.2, -0.15) is 0 Å². The third-order valence-corrected chi connectivity index (χ3v) is 3.27. The molecule has 0 heterocycles. The average molecular weight is 306 g/mol. The molecule has 0 fully saturated rings. The summed E-state index contributed by atoms with van der Waals surface area (Å²) in [7, 11) is 0. The van der Waals surface area contributed by atoms with E-state index in [1.165, 1.54) is 0 Å². The van der Waals surface area contributed by atoms with Crippen molar-refractivity contribution in [1.29, 1.82) is 0 Å². The Labute approximate surface area is 125 Å². The maximum absolute atomic E-state index is 12.3. The molecule has 100 valence electrons. The Bertz CT molecular complexity index is 692. The first-order chi connectivity index (χ1) is 9.61. The third-order valence-electron chi connectivity index (χ3n) is 2.70. The third kappa shape index (κ3) is 3.31. The number of hydrogen-bond donors (Lipinski definition) is 0. The molecule has 0 unspecified atom stereocenters. The van der Waals surface area contributed by atoms with Crippen molar-refractivity contribution in [3.63, 3.8) is 0 Å². The Morgan fingerprint density at radius 3 is 2.45 bits per heavy atom. The molecule has 2 rings (SSSR count). The Morgan fingerprint density at radius 2 is 1.85 bits per heavy atom. The SMILES string of the molecule is [N-]=[N+]=NCc1ccc(C(=O)c2ccc(Cl)cc2)c(Cl)c1. The van der Waals surface area contributed by atoms with Crippen LogP contribution in [0.4, 0.5) is 0 Å². The van der Waals surface area contributed by atoms with Crippen LogP contribution >= 0.6 is 23.2 Å². The number of hydrogen-bond acceptors (Lipinski definition) is 2. The number of azide groups is 1. The summed E-state index contributed by atoms with van der Waals surface area (Å²) in [5.41, 5.74) is 9.94. The Balaban J connectivity index is 2.30. The van der Waals surface area contributed by atoms with E-state index in [4.69, 9.17) is 28.7 Å². The summed E-state index contributed by atoms with van der Waals surface area (Å²) in [4.78, 5) is 15.0. The van der Waals surface area contributed by atoms with Gasteiger partial charge in [0, 0.05) is 21.1 Å². The predicted molar refractivity (Wildman–Crippen MR) is 79.2 cm³/mol. The summed E-state index contributed by atoms with van der Waals surface area (Å²) in [6, 6.07) is 11.6. The van der Waals surface area contributed by atoms with Gasteiger partial charge in [-0.15, -0.1) is 0 Å². The lowest BCUT2D eigenvalue weighted by Crippen LogP contribution is -2.02. The summed E-state index contributed by atoms with van der Waals surface area (Å²) >= 11 is 11.9. The van der Waals surface area contributed by atoms with Gasteiger partial charge in [-0.1, -0.05) is 34.4 Å². The van der Waals surface area contributed by atoms with Crippen LogP contribution in [0.5, 0.6) is 0 Å². The van der Waals surface area contributed by atoms with Gasteiger partial charge in [0.25, 0.3) is 0 Å². The maximum Gasteiger partial charge on any atom is 0.194 e. The first kappa shape index (κ1) is 14.4. The lowest BCUT2D eigenvalue weighted by Gasteiger charge is -2.05. The zero-order valence-electron chi connectivity index (χ0n) is 10.3. The number of carbonyl (C=O) groups is 1. The van der Waals surface area contributed by atoms with Crippen LogP contribution in [-0.4, -0.2) is 5.78 Å². The smallest absolute Gasteiger partial charge is 0.194 e. The van der Waals surface area contributed by atoms with E-state index in [2.05, 4.69) is 10.0 Å². The van der Waals surface area contributed by atoms with E-state index in [9.17, 15) is 4.79 Å². The molecule has 0 radical (unpaired) electrons. The summed E-state index contributed by atoms with van der Waals surface area (Å²) in [5.74, 6) is -0.179. The van der Waals surface area contributed by atoms with Crippen molar-refractivity contribution in [2.45, 2.75) is 6.54 Å². The number of benzene rings is 2. The van der Waals surface area contributed by atoms with Gasteiger partial charge in [-0.25, -0.2) is 0 Å². The van der Waals surface area contributed by atoms with Gasteiger partial charge < -0.3 is 0 Å². The standard InChI is InChI=1S/C14H9Cl2N3O/c15-11-4-2-10(3-5-11)14(20)12-6-1-9(7-13(12)16)8-18-19-17/h1-7H,8H2. The normalized spacial score (nSPS) is 9.90. The lowest BCUT2D eigenvalue weighted by atomic mass is 10.0. The molecule has 2 aromatic carbocycles. The van der Waals surface area contributed by atoms with Crippen LogP contribution in [0.3, 0.4) is 0 Å².